The Kier molecular flexibility index (Phi) is 4.17. The number of hydrogen-bond acceptors (Lipinski definition) is 5. The highest BCUT2D eigenvalue weighted by Crippen LogP contribution is 2.34. The standard InChI is InChI=1S/C17H21N5O3/c1-12(13-4-5-15-16(7-13)25-11-24-15)20-17(23)22-6-2-3-14(22)8-21-10-18-9-19-21/h4-5,7,9-10,12,14H,2-3,6,8,11H2,1H3,(H,20,23). The first-order valence-corrected chi connectivity index (χ1v) is 8.50. The molecule has 1 aromatic heterocycles. The lowest BCUT2D eigenvalue weighted by molar-refractivity contribution is 0.173. The first-order chi connectivity index (χ1) is 12.2. The predicted molar refractivity (Wildman–Crippen MR) is 89.3 cm³/mol. The lowest BCUT2D eigenvalue weighted by Gasteiger charge is -2.27. The number of nitrogens with zero attached hydrogens (tertiary/aromatic N) is 4. The average molecular weight is 343 g/mol. The lowest BCUT2D eigenvalue weighted by atomic mass is 10.1. The van der Waals surface area contributed by atoms with Crippen molar-refractivity contribution >= 4 is 6.03 Å². The first-order valence-electron chi connectivity index (χ1n) is 8.50. The quantitative estimate of drug-likeness (QED) is 0.917. The fourth-order valence-electron chi connectivity index (χ4n) is 3.37. The van der Waals surface area contributed by atoms with E-state index in [9.17, 15) is 4.79 Å². The van der Waals surface area contributed by atoms with Gasteiger partial charge in [0.15, 0.2) is 11.5 Å². The molecule has 0 aliphatic carbocycles. The topological polar surface area (TPSA) is 81.5 Å². The van der Waals surface area contributed by atoms with Crippen molar-refractivity contribution in [3.8, 4) is 11.5 Å². The minimum Gasteiger partial charge on any atom is -0.454 e. The summed E-state index contributed by atoms with van der Waals surface area (Å²) in [4.78, 5) is 18.6. The molecule has 0 saturated carbocycles. The number of aromatic nitrogens is 3. The molecule has 0 radical (unpaired) electrons. The predicted octanol–water partition coefficient (Wildman–Crippen LogP) is 1.94. The molecule has 1 N–H and O–H groups in total. The molecule has 0 bridgehead atoms. The molecule has 1 fully saturated rings. The van der Waals surface area contributed by atoms with Gasteiger partial charge in [-0.25, -0.2) is 9.78 Å². The molecule has 4 rings (SSSR count). The number of likely N-dealkylation sites (tertiary alicyclic amines) is 1. The zero-order chi connectivity index (χ0) is 17.2. The number of hydrogen-bond donors (Lipinski definition) is 1. The number of nitrogens with one attached hydrogen (secondary N) is 1. The Balaban J connectivity index is 1.40. The van der Waals surface area contributed by atoms with Crippen molar-refractivity contribution in [3.05, 3.63) is 36.4 Å². The largest absolute Gasteiger partial charge is 0.454 e. The van der Waals surface area contributed by atoms with Crippen LogP contribution in [-0.4, -0.2) is 45.1 Å². The molecule has 2 amide bonds. The highest BCUT2D eigenvalue weighted by atomic mass is 16.7. The Hall–Kier alpha value is -2.77. The Labute approximate surface area is 145 Å². The van der Waals surface area contributed by atoms with Crippen LogP contribution in [0.25, 0.3) is 0 Å². The molecule has 2 unspecified atom stereocenters. The third-order valence-electron chi connectivity index (χ3n) is 4.74. The summed E-state index contributed by atoms with van der Waals surface area (Å²) in [5.74, 6) is 1.47. The minimum absolute atomic E-state index is 0.0483. The number of urea groups is 1. The maximum Gasteiger partial charge on any atom is 0.318 e. The summed E-state index contributed by atoms with van der Waals surface area (Å²) in [6.07, 6.45) is 5.18. The Bertz CT molecular complexity index is 749. The van der Waals surface area contributed by atoms with E-state index >= 15 is 0 Å². The Morgan fingerprint density at radius 1 is 1.40 bits per heavy atom. The average Bonchev–Trinajstić information content (AvgIpc) is 3.36. The molecule has 0 spiro atoms. The van der Waals surface area contributed by atoms with Crippen LogP contribution in [-0.2, 0) is 6.54 Å². The summed E-state index contributed by atoms with van der Waals surface area (Å²) in [6, 6.07) is 5.73. The molecule has 8 nitrogen and oxygen atoms in total. The smallest absolute Gasteiger partial charge is 0.318 e. The Morgan fingerprint density at radius 2 is 2.28 bits per heavy atom. The SMILES string of the molecule is CC(NC(=O)N1CCCC1Cn1cncn1)c1ccc2c(c1)OCO2. The van der Waals surface area contributed by atoms with E-state index in [0.29, 0.717) is 6.54 Å². The van der Waals surface area contributed by atoms with E-state index < -0.39 is 0 Å². The van der Waals surface area contributed by atoms with Crippen molar-refractivity contribution in [2.75, 3.05) is 13.3 Å². The molecule has 1 aromatic carbocycles. The summed E-state index contributed by atoms with van der Waals surface area (Å²) in [7, 11) is 0. The highest BCUT2D eigenvalue weighted by Gasteiger charge is 2.30. The highest BCUT2D eigenvalue weighted by molar-refractivity contribution is 5.75. The minimum atomic E-state index is -0.116. The van der Waals surface area contributed by atoms with E-state index in [1.165, 1.54) is 6.33 Å². The fraction of sp³-hybridized carbons (Fsp3) is 0.471. The number of amides is 2. The number of carbonyl (C=O) groups is 1. The van der Waals surface area contributed by atoms with E-state index in [1.54, 1.807) is 11.0 Å². The zero-order valence-corrected chi connectivity index (χ0v) is 14.1. The summed E-state index contributed by atoms with van der Waals surface area (Å²) < 4.78 is 12.5. The van der Waals surface area contributed by atoms with Crippen LogP contribution in [0.5, 0.6) is 11.5 Å². The van der Waals surface area contributed by atoms with Gasteiger partial charge in [-0.1, -0.05) is 6.07 Å². The van der Waals surface area contributed by atoms with Crippen molar-refractivity contribution < 1.29 is 14.3 Å². The van der Waals surface area contributed by atoms with Crippen LogP contribution < -0.4 is 14.8 Å². The van der Waals surface area contributed by atoms with Gasteiger partial charge in [-0.3, -0.25) is 4.68 Å². The van der Waals surface area contributed by atoms with E-state index in [4.69, 9.17) is 9.47 Å². The van der Waals surface area contributed by atoms with Gasteiger partial charge in [-0.05, 0) is 37.5 Å². The van der Waals surface area contributed by atoms with Crippen LogP contribution in [0, 0.1) is 0 Å². The van der Waals surface area contributed by atoms with Gasteiger partial charge in [-0.15, -0.1) is 0 Å². The van der Waals surface area contributed by atoms with Gasteiger partial charge < -0.3 is 19.7 Å². The number of fused-ring (bicyclic) bond motifs is 1. The molecule has 2 atom stereocenters. The fourth-order valence-corrected chi connectivity index (χ4v) is 3.37. The van der Waals surface area contributed by atoms with Crippen molar-refractivity contribution in [1.82, 2.24) is 25.0 Å². The van der Waals surface area contributed by atoms with Gasteiger partial charge in [0.05, 0.1) is 18.6 Å². The Morgan fingerprint density at radius 3 is 3.12 bits per heavy atom. The lowest BCUT2D eigenvalue weighted by Crippen LogP contribution is -2.45. The van der Waals surface area contributed by atoms with Gasteiger partial charge in [0.1, 0.15) is 12.7 Å². The molecule has 1 saturated heterocycles. The van der Waals surface area contributed by atoms with Crippen LogP contribution in [0.1, 0.15) is 31.4 Å². The summed E-state index contributed by atoms with van der Waals surface area (Å²) in [5, 5.41) is 7.22. The number of rotatable bonds is 4. The van der Waals surface area contributed by atoms with Crippen LogP contribution in [0.2, 0.25) is 0 Å². The van der Waals surface area contributed by atoms with Crippen molar-refractivity contribution in [2.24, 2.45) is 0 Å². The monoisotopic (exact) mass is 343 g/mol. The van der Waals surface area contributed by atoms with Crippen LogP contribution in [0.15, 0.2) is 30.9 Å². The van der Waals surface area contributed by atoms with E-state index in [2.05, 4.69) is 15.4 Å². The van der Waals surface area contributed by atoms with Gasteiger partial charge >= 0.3 is 6.03 Å². The number of ether oxygens (including phenoxy) is 2. The summed E-state index contributed by atoms with van der Waals surface area (Å²) in [5.41, 5.74) is 0.990. The molecule has 8 heteroatoms. The molecule has 25 heavy (non-hydrogen) atoms. The number of benzene rings is 1. The second-order valence-electron chi connectivity index (χ2n) is 6.39. The van der Waals surface area contributed by atoms with Crippen LogP contribution >= 0.6 is 0 Å². The third kappa shape index (κ3) is 3.24. The second kappa shape index (κ2) is 6.62. The maximum absolute atomic E-state index is 12.7. The summed E-state index contributed by atoms with van der Waals surface area (Å²) >= 11 is 0. The first kappa shape index (κ1) is 15.7. The second-order valence-corrected chi connectivity index (χ2v) is 6.39. The zero-order valence-electron chi connectivity index (χ0n) is 14.1. The van der Waals surface area contributed by atoms with Crippen molar-refractivity contribution in [1.29, 1.82) is 0 Å². The van der Waals surface area contributed by atoms with Gasteiger partial charge in [-0.2, -0.15) is 5.10 Å². The van der Waals surface area contributed by atoms with Gasteiger partial charge in [0.2, 0.25) is 6.79 Å². The van der Waals surface area contributed by atoms with E-state index in [-0.39, 0.29) is 24.9 Å². The van der Waals surface area contributed by atoms with Gasteiger partial charge in [0, 0.05) is 6.54 Å². The third-order valence-corrected chi connectivity index (χ3v) is 4.74. The molecule has 2 aliphatic heterocycles. The van der Waals surface area contributed by atoms with Crippen molar-refractivity contribution in [3.63, 3.8) is 0 Å². The van der Waals surface area contributed by atoms with Crippen molar-refractivity contribution in [2.45, 2.75) is 38.4 Å². The van der Waals surface area contributed by atoms with E-state index in [1.807, 2.05) is 30.0 Å². The molecule has 2 aromatic rings. The normalized spacial score (nSPS) is 19.9. The molecule has 132 valence electrons. The van der Waals surface area contributed by atoms with Crippen LogP contribution in [0.4, 0.5) is 4.79 Å². The van der Waals surface area contributed by atoms with E-state index in [0.717, 1.165) is 36.4 Å². The molecular weight excluding hydrogens is 322 g/mol. The molecule has 3 heterocycles. The number of carbonyl (C=O) groups excluding carboxylic acids is 1. The van der Waals surface area contributed by atoms with Crippen LogP contribution in [0.3, 0.4) is 0 Å². The summed E-state index contributed by atoms with van der Waals surface area (Å²) in [6.45, 7) is 3.65. The molecule has 2 aliphatic rings. The maximum atomic E-state index is 12.7. The van der Waals surface area contributed by atoms with Gasteiger partial charge in [0.25, 0.3) is 0 Å². The molecular formula is C17H21N5O3.